The van der Waals surface area contributed by atoms with Gasteiger partial charge in [0.2, 0.25) is 11.8 Å². The standard InChI is InChI=1S/C12H15N3O3/c1-15-11(17)5-4-10(12(15)18)14-6-8-2-3-9(16)7-13-8/h2-3,7,10,14,16H,4-6H2,1H3. The SMILES string of the molecule is CN1C(=O)CCC(NCc2ccc(O)cn2)C1=O. The van der Waals surface area contributed by atoms with Crippen LogP contribution in [0.15, 0.2) is 18.3 Å². The van der Waals surface area contributed by atoms with Gasteiger partial charge in [-0.15, -0.1) is 0 Å². The van der Waals surface area contributed by atoms with Crippen LogP contribution in [0.1, 0.15) is 18.5 Å². The molecule has 2 rings (SSSR count). The molecule has 96 valence electrons. The molecule has 1 aliphatic heterocycles. The van der Waals surface area contributed by atoms with Crippen molar-refractivity contribution in [3.8, 4) is 5.75 Å². The molecule has 1 aromatic heterocycles. The maximum Gasteiger partial charge on any atom is 0.246 e. The highest BCUT2D eigenvalue weighted by Crippen LogP contribution is 2.12. The molecule has 1 aliphatic rings. The van der Waals surface area contributed by atoms with Crippen LogP contribution in [0.25, 0.3) is 0 Å². The zero-order chi connectivity index (χ0) is 13.1. The molecule has 1 saturated heterocycles. The second-order valence-electron chi connectivity index (χ2n) is 4.27. The molecule has 18 heavy (non-hydrogen) atoms. The van der Waals surface area contributed by atoms with E-state index in [1.807, 2.05) is 0 Å². The molecule has 0 radical (unpaired) electrons. The summed E-state index contributed by atoms with van der Waals surface area (Å²) in [6, 6.07) is 2.88. The van der Waals surface area contributed by atoms with E-state index in [0.717, 1.165) is 10.6 Å². The Kier molecular flexibility index (Phi) is 3.57. The second-order valence-corrected chi connectivity index (χ2v) is 4.27. The number of carbonyl (C=O) groups excluding carboxylic acids is 2. The number of nitrogens with one attached hydrogen (secondary N) is 1. The van der Waals surface area contributed by atoms with Gasteiger partial charge >= 0.3 is 0 Å². The molecular formula is C12H15N3O3. The molecule has 6 heteroatoms. The molecule has 0 saturated carbocycles. The number of hydrogen-bond acceptors (Lipinski definition) is 5. The Morgan fingerprint density at radius 2 is 2.28 bits per heavy atom. The highest BCUT2D eigenvalue weighted by Gasteiger charge is 2.31. The van der Waals surface area contributed by atoms with Crippen molar-refractivity contribution in [3.63, 3.8) is 0 Å². The van der Waals surface area contributed by atoms with Crippen LogP contribution in [0.4, 0.5) is 0 Å². The smallest absolute Gasteiger partial charge is 0.246 e. The van der Waals surface area contributed by atoms with Crippen LogP contribution in [0.3, 0.4) is 0 Å². The van der Waals surface area contributed by atoms with Crippen molar-refractivity contribution in [2.45, 2.75) is 25.4 Å². The number of nitrogens with zero attached hydrogens (tertiary/aromatic N) is 2. The molecule has 1 atom stereocenters. The number of pyridine rings is 1. The number of aromatic hydroxyl groups is 1. The Hall–Kier alpha value is -1.95. The van der Waals surface area contributed by atoms with E-state index in [4.69, 9.17) is 5.11 Å². The van der Waals surface area contributed by atoms with Gasteiger partial charge in [0.1, 0.15) is 5.75 Å². The summed E-state index contributed by atoms with van der Waals surface area (Å²) in [6.07, 6.45) is 2.25. The largest absolute Gasteiger partial charge is 0.506 e. The van der Waals surface area contributed by atoms with E-state index in [1.165, 1.54) is 13.2 Å². The molecule has 0 aromatic carbocycles. The van der Waals surface area contributed by atoms with Gasteiger partial charge in [-0.25, -0.2) is 0 Å². The van der Waals surface area contributed by atoms with Crippen molar-refractivity contribution in [1.82, 2.24) is 15.2 Å². The summed E-state index contributed by atoms with van der Waals surface area (Å²) in [5.74, 6) is -0.233. The zero-order valence-corrected chi connectivity index (χ0v) is 10.1. The number of hydrogen-bond donors (Lipinski definition) is 2. The number of imide groups is 1. The van der Waals surface area contributed by atoms with E-state index in [9.17, 15) is 9.59 Å². The molecule has 0 aliphatic carbocycles. The monoisotopic (exact) mass is 249 g/mol. The number of likely N-dealkylation sites (tertiary alicyclic amines) is 1. The number of carbonyl (C=O) groups is 2. The van der Waals surface area contributed by atoms with Gasteiger partial charge in [0.05, 0.1) is 17.9 Å². The number of rotatable bonds is 3. The molecule has 2 amide bonds. The highest BCUT2D eigenvalue weighted by atomic mass is 16.3. The fraction of sp³-hybridized carbons (Fsp3) is 0.417. The summed E-state index contributed by atoms with van der Waals surface area (Å²) in [6.45, 7) is 0.429. The zero-order valence-electron chi connectivity index (χ0n) is 10.1. The topological polar surface area (TPSA) is 82.5 Å². The maximum atomic E-state index is 11.8. The Labute approximate surface area is 105 Å². The van der Waals surface area contributed by atoms with Crippen LogP contribution in [0.5, 0.6) is 5.75 Å². The predicted octanol–water partition coefficient (Wildman–Crippen LogP) is 0.0242. The van der Waals surface area contributed by atoms with Gasteiger partial charge in [-0.3, -0.25) is 19.5 Å². The van der Waals surface area contributed by atoms with Crippen LogP contribution in [-0.2, 0) is 16.1 Å². The highest BCUT2D eigenvalue weighted by molar-refractivity contribution is 6.00. The van der Waals surface area contributed by atoms with E-state index in [0.29, 0.717) is 19.4 Å². The van der Waals surface area contributed by atoms with Crippen molar-refractivity contribution in [1.29, 1.82) is 0 Å². The summed E-state index contributed by atoms with van der Waals surface area (Å²) >= 11 is 0. The van der Waals surface area contributed by atoms with Crippen LogP contribution in [-0.4, -0.2) is 39.9 Å². The van der Waals surface area contributed by atoms with Gasteiger partial charge in [-0.2, -0.15) is 0 Å². The van der Waals surface area contributed by atoms with Crippen molar-refractivity contribution >= 4 is 11.8 Å². The fourth-order valence-electron chi connectivity index (χ4n) is 1.85. The summed E-state index contributed by atoms with van der Waals surface area (Å²) in [4.78, 5) is 28.3. The molecule has 2 heterocycles. The van der Waals surface area contributed by atoms with Crippen molar-refractivity contribution < 1.29 is 14.7 Å². The van der Waals surface area contributed by atoms with E-state index in [1.54, 1.807) is 12.1 Å². The van der Waals surface area contributed by atoms with Gasteiger partial charge in [0, 0.05) is 20.0 Å². The number of amides is 2. The van der Waals surface area contributed by atoms with E-state index < -0.39 is 0 Å². The van der Waals surface area contributed by atoms with Crippen LogP contribution >= 0.6 is 0 Å². The minimum absolute atomic E-state index is 0.109. The van der Waals surface area contributed by atoms with Crippen molar-refractivity contribution in [2.75, 3.05) is 7.05 Å². The summed E-state index contributed by atoms with van der Waals surface area (Å²) in [5, 5.41) is 12.2. The lowest BCUT2D eigenvalue weighted by atomic mass is 10.0. The Balaban J connectivity index is 1.92. The second kappa shape index (κ2) is 5.14. The molecule has 1 fully saturated rings. The first kappa shape index (κ1) is 12.5. The Morgan fingerprint density at radius 1 is 1.50 bits per heavy atom. The lowest BCUT2D eigenvalue weighted by molar-refractivity contribution is -0.148. The quantitative estimate of drug-likeness (QED) is 0.738. The minimum atomic E-state index is -0.344. The van der Waals surface area contributed by atoms with Gasteiger partial charge in [0.15, 0.2) is 0 Å². The molecule has 2 N–H and O–H groups in total. The molecule has 6 nitrogen and oxygen atoms in total. The van der Waals surface area contributed by atoms with Gasteiger partial charge in [-0.05, 0) is 18.6 Å². The molecule has 0 spiro atoms. The number of likely N-dealkylation sites (N-methyl/N-ethyl adjacent to an activating group) is 1. The first-order chi connectivity index (χ1) is 8.58. The van der Waals surface area contributed by atoms with Crippen LogP contribution in [0.2, 0.25) is 0 Å². The van der Waals surface area contributed by atoms with E-state index in [-0.39, 0.29) is 23.6 Å². The summed E-state index contributed by atoms with van der Waals surface area (Å²) in [7, 11) is 1.50. The predicted molar refractivity (Wildman–Crippen MR) is 63.5 cm³/mol. The average molecular weight is 249 g/mol. The number of aromatic nitrogens is 1. The van der Waals surface area contributed by atoms with E-state index >= 15 is 0 Å². The Morgan fingerprint density at radius 3 is 2.94 bits per heavy atom. The van der Waals surface area contributed by atoms with Crippen molar-refractivity contribution in [2.24, 2.45) is 0 Å². The van der Waals surface area contributed by atoms with Crippen LogP contribution in [0, 0.1) is 0 Å². The molecular weight excluding hydrogens is 234 g/mol. The maximum absolute atomic E-state index is 11.8. The molecule has 0 bridgehead atoms. The minimum Gasteiger partial charge on any atom is -0.506 e. The average Bonchev–Trinajstić information content (AvgIpc) is 2.37. The van der Waals surface area contributed by atoms with E-state index in [2.05, 4.69) is 10.3 Å². The lowest BCUT2D eigenvalue weighted by Gasteiger charge is -2.28. The van der Waals surface area contributed by atoms with Crippen molar-refractivity contribution in [3.05, 3.63) is 24.0 Å². The summed E-state index contributed by atoms with van der Waals surface area (Å²) in [5.41, 5.74) is 0.736. The first-order valence-corrected chi connectivity index (χ1v) is 5.75. The first-order valence-electron chi connectivity index (χ1n) is 5.75. The molecule has 1 aromatic rings. The Bertz CT molecular complexity index is 458. The third kappa shape index (κ3) is 2.65. The summed E-state index contributed by atoms with van der Waals surface area (Å²) < 4.78 is 0. The molecule has 1 unspecified atom stereocenters. The van der Waals surface area contributed by atoms with Gasteiger partial charge in [-0.1, -0.05) is 0 Å². The van der Waals surface area contributed by atoms with Gasteiger partial charge in [0.25, 0.3) is 0 Å². The third-order valence-electron chi connectivity index (χ3n) is 2.99. The van der Waals surface area contributed by atoms with Gasteiger partial charge < -0.3 is 10.4 Å². The van der Waals surface area contributed by atoms with Crippen LogP contribution < -0.4 is 5.32 Å². The fourth-order valence-corrected chi connectivity index (χ4v) is 1.85. The lowest BCUT2D eigenvalue weighted by Crippen LogP contribution is -2.51. The number of piperidine rings is 1. The normalized spacial score (nSPS) is 20.3. The third-order valence-corrected chi connectivity index (χ3v) is 2.99.